The molecule has 0 saturated heterocycles. The van der Waals surface area contributed by atoms with Gasteiger partial charge in [0.05, 0.1) is 17.9 Å². The van der Waals surface area contributed by atoms with E-state index in [4.69, 9.17) is 0 Å². The van der Waals surface area contributed by atoms with Crippen molar-refractivity contribution in [3.05, 3.63) is 70.6 Å². The lowest BCUT2D eigenvalue weighted by atomic mass is 10.3. The van der Waals surface area contributed by atoms with Crippen molar-refractivity contribution in [3.63, 3.8) is 0 Å². The van der Waals surface area contributed by atoms with Gasteiger partial charge in [-0.2, -0.15) is 4.98 Å². The van der Waals surface area contributed by atoms with Gasteiger partial charge in [0.1, 0.15) is 5.82 Å². The van der Waals surface area contributed by atoms with Gasteiger partial charge in [0.15, 0.2) is 0 Å². The lowest BCUT2D eigenvalue weighted by molar-refractivity contribution is 0.991. The second-order valence-electron chi connectivity index (χ2n) is 5.00. The van der Waals surface area contributed by atoms with E-state index >= 15 is 0 Å². The van der Waals surface area contributed by atoms with Crippen molar-refractivity contribution in [2.24, 2.45) is 0 Å². The standard InChI is InChI=1S/C17H16BrN5/c1-12-10-16(22-15-8-3-2-7-14(15)18)23-17(21-12)20-11-13-6-4-5-9-19-13/h2-10H,11H2,1H3,(H2,20,21,22,23). The monoisotopic (exact) mass is 369 g/mol. The first-order valence-corrected chi connectivity index (χ1v) is 8.01. The number of nitrogens with zero attached hydrogens (tertiary/aromatic N) is 3. The minimum atomic E-state index is 0.574. The lowest BCUT2D eigenvalue weighted by Gasteiger charge is -2.11. The fourth-order valence-electron chi connectivity index (χ4n) is 2.08. The molecule has 1 aromatic carbocycles. The molecule has 0 aliphatic heterocycles. The molecule has 6 heteroatoms. The maximum absolute atomic E-state index is 4.50. The summed E-state index contributed by atoms with van der Waals surface area (Å²) in [6.45, 7) is 2.53. The van der Waals surface area contributed by atoms with Crippen molar-refractivity contribution in [2.45, 2.75) is 13.5 Å². The zero-order chi connectivity index (χ0) is 16.1. The van der Waals surface area contributed by atoms with Gasteiger partial charge in [0.2, 0.25) is 5.95 Å². The summed E-state index contributed by atoms with van der Waals surface area (Å²) < 4.78 is 0.985. The summed E-state index contributed by atoms with van der Waals surface area (Å²) in [5, 5.41) is 6.50. The smallest absolute Gasteiger partial charge is 0.225 e. The van der Waals surface area contributed by atoms with Gasteiger partial charge < -0.3 is 10.6 Å². The van der Waals surface area contributed by atoms with Gasteiger partial charge >= 0.3 is 0 Å². The van der Waals surface area contributed by atoms with Crippen molar-refractivity contribution in [3.8, 4) is 0 Å². The molecule has 116 valence electrons. The molecule has 0 unspecified atom stereocenters. The Bertz CT molecular complexity index is 792. The Hall–Kier alpha value is -2.47. The van der Waals surface area contributed by atoms with E-state index in [-0.39, 0.29) is 0 Å². The number of hydrogen-bond donors (Lipinski definition) is 2. The highest BCUT2D eigenvalue weighted by atomic mass is 79.9. The second-order valence-corrected chi connectivity index (χ2v) is 5.85. The van der Waals surface area contributed by atoms with Crippen molar-refractivity contribution in [1.29, 1.82) is 0 Å². The van der Waals surface area contributed by atoms with Crippen molar-refractivity contribution in [2.75, 3.05) is 10.6 Å². The van der Waals surface area contributed by atoms with E-state index in [0.717, 1.165) is 27.4 Å². The zero-order valence-corrected chi connectivity index (χ0v) is 14.2. The van der Waals surface area contributed by atoms with Crippen LogP contribution in [-0.2, 0) is 6.54 Å². The van der Waals surface area contributed by atoms with E-state index in [1.165, 1.54) is 0 Å². The number of pyridine rings is 1. The van der Waals surface area contributed by atoms with Gasteiger partial charge in [-0.1, -0.05) is 18.2 Å². The molecular weight excluding hydrogens is 354 g/mol. The highest BCUT2D eigenvalue weighted by molar-refractivity contribution is 9.10. The molecule has 0 spiro atoms. The molecule has 0 amide bonds. The van der Waals surface area contributed by atoms with Crippen LogP contribution in [0.3, 0.4) is 0 Å². The van der Waals surface area contributed by atoms with Crippen LogP contribution >= 0.6 is 15.9 Å². The Labute approximate surface area is 143 Å². The number of halogens is 1. The maximum atomic E-state index is 4.50. The summed E-state index contributed by atoms with van der Waals surface area (Å²) >= 11 is 3.52. The molecule has 0 saturated carbocycles. The molecule has 3 aromatic rings. The van der Waals surface area contributed by atoms with Crippen LogP contribution in [0.1, 0.15) is 11.4 Å². The quantitative estimate of drug-likeness (QED) is 0.701. The van der Waals surface area contributed by atoms with Crippen LogP contribution in [0.4, 0.5) is 17.5 Å². The number of rotatable bonds is 5. The lowest BCUT2D eigenvalue weighted by Crippen LogP contribution is -2.07. The molecule has 0 bridgehead atoms. The topological polar surface area (TPSA) is 62.7 Å². The van der Waals surface area contributed by atoms with Gasteiger partial charge in [-0.25, -0.2) is 4.98 Å². The summed E-state index contributed by atoms with van der Waals surface area (Å²) in [5.41, 5.74) is 2.79. The Morgan fingerprint density at radius 3 is 2.65 bits per heavy atom. The summed E-state index contributed by atoms with van der Waals surface area (Å²) in [7, 11) is 0. The number of anilines is 3. The number of aromatic nitrogens is 3. The molecule has 2 aromatic heterocycles. The average molecular weight is 370 g/mol. The Morgan fingerprint density at radius 1 is 1.04 bits per heavy atom. The van der Waals surface area contributed by atoms with Gasteiger partial charge in [0, 0.05) is 22.4 Å². The first kappa shape index (κ1) is 15.4. The van der Waals surface area contributed by atoms with Gasteiger partial charge in [-0.05, 0) is 47.1 Å². The normalized spacial score (nSPS) is 10.3. The predicted octanol–water partition coefficient (Wildman–Crippen LogP) is 4.30. The summed E-state index contributed by atoms with van der Waals surface area (Å²) in [5.74, 6) is 1.32. The third-order valence-electron chi connectivity index (χ3n) is 3.14. The van der Waals surface area contributed by atoms with Gasteiger partial charge in [0.25, 0.3) is 0 Å². The molecule has 3 rings (SSSR count). The Kier molecular flexibility index (Phi) is 4.83. The number of benzene rings is 1. The zero-order valence-electron chi connectivity index (χ0n) is 12.6. The predicted molar refractivity (Wildman–Crippen MR) is 95.8 cm³/mol. The van der Waals surface area contributed by atoms with E-state index in [2.05, 4.69) is 41.5 Å². The third-order valence-corrected chi connectivity index (χ3v) is 3.84. The fourth-order valence-corrected chi connectivity index (χ4v) is 2.47. The van der Waals surface area contributed by atoms with Crippen LogP contribution in [0.15, 0.2) is 59.2 Å². The Morgan fingerprint density at radius 2 is 1.87 bits per heavy atom. The molecule has 0 atom stereocenters. The van der Waals surface area contributed by atoms with E-state index in [1.807, 2.05) is 55.5 Å². The second kappa shape index (κ2) is 7.19. The molecule has 5 nitrogen and oxygen atoms in total. The van der Waals surface area contributed by atoms with Crippen LogP contribution < -0.4 is 10.6 Å². The molecule has 0 aliphatic carbocycles. The highest BCUT2D eigenvalue weighted by Crippen LogP contribution is 2.25. The van der Waals surface area contributed by atoms with Crippen LogP contribution in [0.2, 0.25) is 0 Å². The van der Waals surface area contributed by atoms with E-state index < -0.39 is 0 Å². The summed E-state index contributed by atoms with van der Waals surface area (Å²) in [6, 6.07) is 15.6. The largest absolute Gasteiger partial charge is 0.349 e. The van der Waals surface area contributed by atoms with Gasteiger partial charge in [-0.15, -0.1) is 0 Å². The number of nitrogens with one attached hydrogen (secondary N) is 2. The van der Waals surface area contributed by atoms with E-state index in [0.29, 0.717) is 12.5 Å². The summed E-state index contributed by atoms with van der Waals surface area (Å²) in [4.78, 5) is 13.2. The van der Waals surface area contributed by atoms with Crippen molar-refractivity contribution in [1.82, 2.24) is 15.0 Å². The molecule has 0 radical (unpaired) electrons. The molecule has 23 heavy (non-hydrogen) atoms. The number of hydrogen-bond acceptors (Lipinski definition) is 5. The van der Waals surface area contributed by atoms with Crippen molar-refractivity contribution >= 4 is 33.4 Å². The molecule has 0 fully saturated rings. The van der Waals surface area contributed by atoms with Crippen molar-refractivity contribution < 1.29 is 0 Å². The molecule has 2 heterocycles. The van der Waals surface area contributed by atoms with Crippen LogP contribution in [-0.4, -0.2) is 15.0 Å². The van der Waals surface area contributed by atoms with Crippen LogP contribution in [0, 0.1) is 6.92 Å². The van der Waals surface area contributed by atoms with E-state index in [9.17, 15) is 0 Å². The Balaban J connectivity index is 1.75. The first-order valence-electron chi connectivity index (χ1n) is 7.22. The molecule has 0 aliphatic rings. The molecular formula is C17H16BrN5. The highest BCUT2D eigenvalue weighted by Gasteiger charge is 2.05. The molecule has 2 N–H and O–H groups in total. The first-order chi connectivity index (χ1) is 11.2. The van der Waals surface area contributed by atoms with E-state index in [1.54, 1.807) is 6.20 Å². The minimum absolute atomic E-state index is 0.574. The minimum Gasteiger partial charge on any atom is -0.349 e. The third kappa shape index (κ3) is 4.26. The summed E-state index contributed by atoms with van der Waals surface area (Å²) in [6.07, 6.45) is 1.77. The number of aryl methyl sites for hydroxylation is 1. The average Bonchev–Trinajstić information content (AvgIpc) is 2.56. The maximum Gasteiger partial charge on any atom is 0.225 e. The van der Waals surface area contributed by atoms with Gasteiger partial charge in [-0.3, -0.25) is 4.98 Å². The van der Waals surface area contributed by atoms with Crippen LogP contribution in [0.5, 0.6) is 0 Å². The number of para-hydroxylation sites is 1. The SMILES string of the molecule is Cc1cc(Nc2ccccc2Br)nc(NCc2ccccn2)n1. The van der Waals surface area contributed by atoms with Crippen LogP contribution in [0.25, 0.3) is 0 Å². The fraction of sp³-hybridized carbons (Fsp3) is 0.118.